The molecule has 0 fully saturated rings. The van der Waals surface area contributed by atoms with Gasteiger partial charge in [0.05, 0.1) is 0 Å². The van der Waals surface area contributed by atoms with Gasteiger partial charge in [0.25, 0.3) is 0 Å². The molecule has 0 saturated heterocycles. The van der Waals surface area contributed by atoms with Crippen LogP contribution in [0.5, 0.6) is 0 Å². The van der Waals surface area contributed by atoms with Crippen molar-refractivity contribution in [1.29, 1.82) is 0 Å². The molecule has 0 saturated carbocycles. The van der Waals surface area contributed by atoms with Gasteiger partial charge < -0.3 is 4.74 Å². The van der Waals surface area contributed by atoms with Gasteiger partial charge in [-0.3, -0.25) is 4.79 Å². The van der Waals surface area contributed by atoms with Gasteiger partial charge in [-0.2, -0.15) is 0 Å². The summed E-state index contributed by atoms with van der Waals surface area (Å²) >= 11 is 0. The molecule has 29 heavy (non-hydrogen) atoms. The summed E-state index contributed by atoms with van der Waals surface area (Å²) in [5.41, 5.74) is 0.457. The van der Waals surface area contributed by atoms with Crippen LogP contribution in [0.3, 0.4) is 0 Å². The van der Waals surface area contributed by atoms with Crippen LogP contribution in [0.25, 0.3) is 0 Å². The number of ketones is 1. The number of carbonyl (C=O) groups excluding carboxylic acids is 2. The molecule has 0 aliphatic carbocycles. The van der Waals surface area contributed by atoms with Crippen LogP contribution in [-0.2, 0) is 14.3 Å². The van der Waals surface area contributed by atoms with Gasteiger partial charge in [-0.1, -0.05) is 54.6 Å². The normalized spacial score (nSPS) is 16.9. The Labute approximate surface area is 171 Å². The van der Waals surface area contributed by atoms with Gasteiger partial charge >= 0.3 is 5.97 Å². The van der Waals surface area contributed by atoms with Crippen LogP contribution in [0, 0.1) is 0 Å². The number of carbonyl (C=O) groups is 2. The van der Waals surface area contributed by atoms with Gasteiger partial charge in [0.2, 0.25) is 5.78 Å². The van der Waals surface area contributed by atoms with E-state index in [0.29, 0.717) is 11.7 Å². The third kappa shape index (κ3) is 3.66. The molecule has 0 N–H and O–H groups in total. The minimum absolute atomic E-state index is 0.114. The SMILES string of the molecule is CC1=CC(=O)OC(C[P+](c2ccccc2)(c2ccccc2)c2ccccc2)C1=O. The Morgan fingerprint density at radius 2 is 1.14 bits per heavy atom. The van der Waals surface area contributed by atoms with Crippen molar-refractivity contribution in [2.24, 2.45) is 0 Å². The van der Waals surface area contributed by atoms with E-state index in [9.17, 15) is 9.59 Å². The first-order valence-corrected chi connectivity index (χ1v) is 11.6. The van der Waals surface area contributed by atoms with Crippen molar-refractivity contribution in [3.8, 4) is 0 Å². The molecule has 144 valence electrons. The number of rotatable bonds is 5. The molecule has 0 amide bonds. The molecule has 3 nitrogen and oxygen atoms in total. The molecule has 0 aromatic heterocycles. The average Bonchev–Trinajstić information content (AvgIpc) is 2.77. The summed E-state index contributed by atoms with van der Waals surface area (Å²) in [6, 6.07) is 30.8. The molecular formula is C25H22O3P+. The molecule has 3 aromatic rings. The van der Waals surface area contributed by atoms with Gasteiger partial charge in [-0.15, -0.1) is 0 Å². The van der Waals surface area contributed by atoms with Crippen molar-refractivity contribution < 1.29 is 14.3 Å². The largest absolute Gasteiger partial charge is 0.447 e. The number of benzene rings is 3. The lowest BCUT2D eigenvalue weighted by Gasteiger charge is -2.31. The van der Waals surface area contributed by atoms with Gasteiger partial charge in [0, 0.05) is 11.6 Å². The predicted molar refractivity (Wildman–Crippen MR) is 119 cm³/mol. The molecule has 1 heterocycles. The van der Waals surface area contributed by atoms with E-state index in [1.807, 2.05) is 54.6 Å². The summed E-state index contributed by atoms with van der Waals surface area (Å²) in [6.45, 7) is 1.68. The number of hydrogen-bond donors (Lipinski definition) is 0. The first kappa shape index (κ1) is 19.3. The Morgan fingerprint density at radius 3 is 1.55 bits per heavy atom. The second-order valence-electron chi connectivity index (χ2n) is 7.12. The maximum absolute atomic E-state index is 12.9. The fourth-order valence-electron chi connectivity index (χ4n) is 3.91. The number of Topliss-reactive ketones (excluding diaryl/α,β-unsaturated/α-hetero) is 1. The fraction of sp³-hybridized carbons (Fsp3) is 0.120. The molecule has 0 radical (unpaired) electrons. The Hall–Kier alpha value is -3.03. The summed E-state index contributed by atoms with van der Waals surface area (Å²) < 4.78 is 5.55. The van der Waals surface area contributed by atoms with E-state index in [2.05, 4.69) is 36.4 Å². The lowest BCUT2D eigenvalue weighted by Crippen LogP contribution is -2.42. The molecule has 1 atom stereocenters. The van der Waals surface area contributed by atoms with E-state index in [-0.39, 0.29) is 5.78 Å². The summed E-state index contributed by atoms with van der Waals surface area (Å²) in [5, 5.41) is 3.48. The number of cyclic esters (lactones) is 1. The Bertz CT molecular complexity index is 947. The highest BCUT2D eigenvalue weighted by Crippen LogP contribution is 2.56. The van der Waals surface area contributed by atoms with Crippen LogP contribution in [0.1, 0.15) is 6.92 Å². The summed E-state index contributed by atoms with van der Waals surface area (Å²) in [7, 11) is -2.24. The fourth-order valence-corrected chi connectivity index (χ4v) is 8.22. The predicted octanol–water partition coefficient (Wildman–Crippen LogP) is 3.42. The van der Waals surface area contributed by atoms with Crippen molar-refractivity contribution in [3.63, 3.8) is 0 Å². The maximum Gasteiger partial charge on any atom is 0.332 e. The van der Waals surface area contributed by atoms with Crippen LogP contribution in [0.2, 0.25) is 0 Å². The average molecular weight is 401 g/mol. The Morgan fingerprint density at radius 1 is 0.724 bits per heavy atom. The molecular weight excluding hydrogens is 379 g/mol. The smallest absolute Gasteiger partial charge is 0.332 e. The topological polar surface area (TPSA) is 43.4 Å². The maximum atomic E-state index is 12.9. The van der Waals surface area contributed by atoms with Gasteiger partial charge in [0.1, 0.15) is 29.3 Å². The molecule has 1 unspecified atom stereocenters. The molecule has 1 aliphatic heterocycles. The molecule has 0 spiro atoms. The summed E-state index contributed by atoms with van der Waals surface area (Å²) in [6.07, 6.45) is 0.939. The molecule has 4 rings (SSSR count). The molecule has 4 heteroatoms. The third-order valence-electron chi connectivity index (χ3n) is 5.30. The van der Waals surface area contributed by atoms with Crippen LogP contribution in [0.15, 0.2) is 103 Å². The van der Waals surface area contributed by atoms with E-state index in [0.717, 1.165) is 15.9 Å². The second kappa shape index (κ2) is 8.14. The Kier molecular flexibility index (Phi) is 5.42. The zero-order valence-corrected chi connectivity index (χ0v) is 17.1. The Balaban J connectivity index is 1.95. The second-order valence-corrected chi connectivity index (χ2v) is 10.6. The van der Waals surface area contributed by atoms with Crippen LogP contribution < -0.4 is 15.9 Å². The monoisotopic (exact) mass is 401 g/mol. The third-order valence-corrected chi connectivity index (χ3v) is 9.72. The van der Waals surface area contributed by atoms with Gasteiger partial charge in [0.15, 0.2) is 6.10 Å². The number of hydrogen-bond acceptors (Lipinski definition) is 3. The first-order valence-electron chi connectivity index (χ1n) is 9.59. The highest BCUT2D eigenvalue weighted by molar-refractivity contribution is 7.95. The van der Waals surface area contributed by atoms with Crippen molar-refractivity contribution in [2.45, 2.75) is 13.0 Å². The summed E-state index contributed by atoms with van der Waals surface area (Å²) in [5.74, 6) is -0.559. The first-order chi connectivity index (χ1) is 14.1. The van der Waals surface area contributed by atoms with E-state index < -0.39 is 19.3 Å². The number of ether oxygens (including phenoxy) is 1. The van der Waals surface area contributed by atoms with Crippen molar-refractivity contribution >= 4 is 34.9 Å². The number of esters is 1. The van der Waals surface area contributed by atoms with E-state index >= 15 is 0 Å². The van der Waals surface area contributed by atoms with Gasteiger partial charge in [-0.05, 0) is 43.3 Å². The lowest BCUT2D eigenvalue weighted by molar-refractivity contribution is -0.149. The summed E-state index contributed by atoms with van der Waals surface area (Å²) in [4.78, 5) is 25.0. The standard InChI is InChI=1S/C25H22O3P/c1-19-17-24(26)28-23(25(19)27)18-29(20-11-5-2-6-12-20,21-13-7-3-8-14-21)22-15-9-4-10-16-22/h2-17,23H,18H2,1H3/q+1. The highest BCUT2D eigenvalue weighted by atomic mass is 31.2. The lowest BCUT2D eigenvalue weighted by atomic mass is 10.1. The quantitative estimate of drug-likeness (QED) is 0.486. The highest BCUT2D eigenvalue weighted by Gasteiger charge is 2.50. The zero-order chi connectivity index (χ0) is 20.3. The van der Waals surface area contributed by atoms with Crippen molar-refractivity contribution in [3.05, 3.63) is 103 Å². The van der Waals surface area contributed by atoms with E-state index in [1.165, 1.54) is 6.08 Å². The van der Waals surface area contributed by atoms with E-state index in [4.69, 9.17) is 4.74 Å². The van der Waals surface area contributed by atoms with Gasteiger partial charge in [-0.25, -0.2) is 4.79 Å². The van der Waals surface area contributed by atoms with Crippen LogP contribution >= 0.6 is 7.26 Å². The molecule has 1 aliphatic rings. The van der Waals surface area contributed by atoms with Crippen molar-refractivity contribution in [1.82, 2.24) is 0 Å². The zero-order valence-electron chi connectivity index (χ0n) is 16.2. The molecule has 3 aromatic carbocycles. The van der Waals surface area contributed by atoms with E-state index in [1.54, 1.807) is 6.92 Å². The minimum Gasteiger partial charge on any atom is -0.447 e. The van der Waals surface area contributed by atoms with Crippen LogP contribution in [0.4, 0.5) is 0 Å². The minimum atomic E-state index is -2.24. The van der Waals surface area contributed by atoms with Crippen LogP contribution in [-0.4, -0.2) is 24.0 Å². The molecule has 0 bridgehead atoms. The van der Waals surface area contributed by atoms with Crippen molar-refractivity contribution in [2.75, 3.05) is 6.16 Å².